The molecule has 0 aliphatic rings. The average molecular weight is 383 g/mol. The lowest BCUT2D eigenvalue weighted by atomic mass is 10.1. The molecule has 0 spiro atoms. The fraction of sp³-hybridized carbons (Fsp3) is 0.444. The van der Waals surface area contributed by atoms with Crippen LogP contribution in [-0.2, 0) is 12.8 Å². The van der Waals surface area contributed by atoms with Gasteiger partial charge in [0, 0.05) is 35.7 Å². The van der Waals surface area contributed by atoms with Crippen molar-refractivity contribution in [2.24, 2.45) is 4.99 Å². The Bertz CT molecular complexity index is 708. The van der Waals surface area contributed by atoms with Gasteiger partial charge in [0.25, 0.3) is 0 Å². The summed E-state index contributed by atoms with van der Waals surface area (Å²) in [4.78, 5) is 4.24. The van der Waals surface area contributed by atoms with Gasteiger partial charge in [-0.1, -0.05) is 34.4 Å². The Kier molecular flexibility index (Phi) is 7.59. The molecule has 0 amide bonds. The van der Waals surface area contributed by atoms with Crippen molar-refractivity contribution in [1.29, 1.82) is 0 Å². The van der Waals surface area contributed by atoms with Crippen molar-refractivity contribution in [3.05, 3.63) is 50.8 Å². The number of halogens is 2. The van der Waals surface area contributed by atoms with Gasteiger partial charge in [0.15, 0.2) is 5.96 Å². The summed E-state index contributed by atoms with van der Waals surface area (Å²) in [5.74, 6) is 1.66. The summed E-state index contributed by atoms with van der Waals surface area (Å²) >= 11 is 12.1. The maximum Gasteiger partial charge on any atom is 0.190 e. The Morgan fingerprint density at radius 2 is 1.92 bits per heavy atom. The van der Waals surface area contributed by atoms with E-state index in [0.717, 1.165) is 65.9 Å². The number of aromatic nitrogens is 1. The highest BCUT2D eigenvalue weighted by atomic mass is 35.5. The SMILES string of the molecule is CN=C(NCCCc1ccc(Cl)cc1Cl)NCCc1c(C)noc1C. The summed E-state index contributed by atoms with van der Waals surface area (Å²) in [5, 5.41) is 12.0. The molecule has 7 heteroatoms. The number of aliphatic imine (C=N–C) groups is 1. The highest BCUT2D eigenvalue weighted by Gasteiger charge is 2.08. The van der Waals surface area contributed by atoms with E-state index in [4.69, 9.17) is 27.7 Å². The minimum atomic E-state index is 0.662. The molecule has 1 aromatic heterocycles. The van der Waals surface area contributed by atoms with Crippen LogP contribution in [0.3, 0.4) is 0 Å². The van der Waals surface area contributed by atoms with Crippen LogP contribution in [-0.4, -0.2) is 31.3 Å². The Labute approximate surface area is 158 Å². The average Bonchev–Trinajstić information content (AvgIpc) is 2.90. The van der Waals surface area contributed by atoms with Crippen LogP contribution in [0.25, 0.3) is 0 Å². The molecule has 2 N–H and O–H groups in total. The zero-order valence-corrected chi connectivity index (χ0v) is 16.3. The largest absolute Gasteiger partial charge is 0.361 e. The van der Waals surface area contributed by atoms with Gasteiger partial charge in [0.2, 0.25) is 0 Å². The molecular formula is C18H24Cl2N4O. The highest BCUT2D eigenvalue weighted by molar-refractivity contribution is 6.35. The molecule has 0 saturated carbocycles. The summed E-state index contributed by atoms with van der Waals surface area (Å²) in [6, 6.07) is 5.62. The summed E-state index contributed by atoms with van der Waals surface area (Å²) in [7, 11) is 1.77. The van der Waals surface area contributed by atoms with Crippen molar-refractivity contribution >= 4 is 29.2 Å². The van der Waals surface area contributed by atoms with Gasteiger partial charge in [0.05, 0.1) is 5.69 Å². The standard InChI is InChI=1S/C18H24Cl2N4O/c1-12-16(13(2)25-24-12)8-10-23-18(21-3)22-9-4-5-14-6-7-15(19)11-17(14)20/h6-7,11H,4-5,8-10H2,1-3H3,(H2,21,22,23). The molecule has 0 aliphatic heterocycles. The van der Waals surface area contributed by atoms with Gasteiger partial charge in [-0.3, -0.25) is 4.99 Å². The van der Waals surface area contributed by atoms with E-state index in [1.165, 1.54) is 0 Å². The lowest BCUT2D eigenvalue weighted by Gasteiger charge is -2.12. The number of nitrogens with zero attached hydrogens (tertiary/aromatic N) is 2. The maximum atomic E-state index is 6.19. The molecule has 5 nitrogen and oxygen atoms in total. The van der Waals surface area contributed by atoms with Crippen molar-refractivity contribution in [2.45, 2.75) is 33.1 Å². The minimum absolute atomic E-state index is 0.662. The van der Waals surface area contributed by atoms with Gasteiger partial charge in [0.1, 0.15) is 5.76 Å². The monoisotopic (exact) mass is 382 g/mol. The second kappa shape index (κ2) is 9.68. The van der Waals surface area contributed by atoms with Gasteiger partial charge < -0.3 is 15.2 Å². The van der Waals surface area contributed by atoms with E-state index in [1.54, 1.807) is 13.1 Å². The summed E-state index contributed by atoms with van der Waals surface area (Å²) < 4.78 is 5.17. The molecule has 0 bridgehead atoms. The van der Waals surface area contributed by atoms with Gasteiger partial charge in [-0.2, -0.15) is 0 Å². The van der Waals surface area contributed by atoms with Crippen LogP contribution in [0.15, 0.2) is 27.7 Å². The lowest BCUT2D eigenvalue weighted by Crippen LogP contribution is -2.38. The first-order valence-corrected chi connectivity index (χ1v) is 9.07. The minimum Gasteiger partial charge on any atom is -0.361 e. The van der Waals surface area contributed by atoms with Crippen LogP contribution in [0.4, 0.5) is 0 Å². The molecule has 25 heavy (non-hydrogen) atoms. The Balaban J connectivity index is 1.70. The van der Waals surface area contributed by atoms with Crippen LogP contribution >= 0.6 is 23.2 Å². The van der Waals surface area contributed by atoms with Crippen molar-refractivity contribution in [1.82, 2.24) is 15.8 Å². The van der Waals surface area contributed by atoms with E-state index in [-0.39, 0.29) is 0 Å². The van der Waals surface area contributed by atoms with Crippen molar-refractivity contribution < 1.29 is 4.52 Å². The quantitative estimate of drug-likeness (QED) is 0.432. The summed E-state index contributed by atoms with van der Waals surface area (Å²) in [6.45, 7) is 5.47. The Morgan fingerprint density at radius 1 is 1.16 bits per heavy atom. The first kappa shape index (κ1) is 19.6. The number of hydrogen-bond acceptors (Lipinski definition) is 3. The predicted octanol–water partition coefficient (Wildman–Crippen LogP) is 3.94. The number of aryl methyl sites for hydroxylation is 3. The molecule has 1 aromatic carbocycles. The van der Waals surface area contributed by atoms with Gasteiger partial charge in [-0.15, -0.1) is 0 Å². The van der Waals surface area contributed by atoms with Gasteiger partial charge >= 0.3 is 0 Å². The number of nitrogens with one attached hydrogen (secondary N) is 2. The molecule has 0 fully saturated rings. The third-order valence-corrected chi connectivity index (χ3v) is 4.59. The van der Waals surface area contributed by atoms with Crippen LogP contribution in [0.5, 0.6) is 0 Å². The van der Waals surface area contributed by atoms with Crippen molar-refractivity contribution in [2.75, 3.05) is 20.1 Å². The highest BCUT2D eigenvalue weighted by Crippen LogP contribution is 2.21. The van der Waals surface area contributed by atoms with Crippen LogP contribution in [0.2, 0.25) is 10.0 Å². The molecule has 2 aromatic rings. The van der Waals surface area contributed by atoms with Gasteiger partial charge in [-0.25, -0.2) is 0 Å². The van der Waals surface area contributed by atoms with Crippen molar-refractivity contribution in [3.8, 4) is 0 Å². The Hall–Kier alpha value is -1.72. The summed E-state index contributed by atoms with van der Waals surface area (Å²) in [5.41, 5.74) is 3.21. The molecule has 0 atom stereocenters. The predicted molar refractivity (Wildman–Crippen MR) is 104 cm³/mol. The van der Waals surface area contributed by atoms with E-state index < -0.39 is 0 Å². The van der Waals surface area contributed by atoms with E-state index in [1.807, 2.05) is 26.0 Å². The molecule has 0 saturated heterocycles. The van der Waals surface area contributed by atoms with E-state index in [0.29, 0.717) is 5.02 Å². The number of hydrogen-bond donors (Lipinski definition) is 2. The third kappa shape index (κ3) is 5.94. The second-order valence-corrected chi connectivity index (χ2v) is 6.66. The third-order valence-electron chi connectivity index (χ3n) is 4.00. The zero-order chi connectivity index (χ0) is 18.2. The first-order valence-electron chi connectivity index (χ1n) is 8.31. The molecule has 0 unspecified atom stereocenters. The molecule has 1 heterocycles. The summed E-state index contributed by atoms with van der Waals surface area (Å²) in [6.07, 6.45) is 2.69. The lowest BCUT2D eigenvalue weighted by molar-refractivity contribution is 0.392. The normalized spacial score (nSPS) is 11.6. The Morgan fingerprint density at radius 3 is 2.56 bits per heavy atom. The van der Waals surface area contributed by atoms with E-state index in [2.05, 4.69) is 20.8 Å². The smallest absolute Gasteiger partial charge is 0.190 e. The van der Waals surface area contributed by atoms with Crippen LogP contribution < -0.4 is 10.6 Å². The number of guanidine groups is 1. The van der Waals surface area contributed by atoms with E-state index in [9.17, 15) is 0 Å². The first-order chi connectivity index (χ1) is 12.0. The van der Waals surface area contributed by atoms with E-state index >= 15 is 0 Å². The van der Waals surface area contributed by atoms with Crippen molar-refractivity contribution in [3.63, 3.8) is 0 Å². The topological polar surface area (TPSA) is 62.5 Å². The van der Waals surface area contributed by atoms with Crippen LogP contribution in [0.1, 0.15) is 29.0 Å². The second-order valence-electron chi connectivity index (χ2n) is 5.82. The number of benzene rings is 1. The zero-order valence-electron chi connectivity index (χ0n) is 14.8. The fourth-order valence-electron chi connectivity index (χ4n) is 2.60. The maximum absolute atomic E-state index is 6.19. The van der Waals surface area contributed by atoms with Gasteiger partial charge in [-0.05, 0) is 50.8 Å². The molecule has 0 aliphatic carbocycles. The molecular weight excluding hydrogens is 359 g/mol. The molecule has 136 valence electrons. The fourth-order valence-corrected chi connectivity index (χ4v) is 3.10. The van der Waals surface area contributed by atoms with Crippen LogP contribution in [0, 0.1) is 13.8 Å². The molecule has 0 radical (unpaired) electrons. The molecule has 2 rings (SSSR count). The number of rotatable bonds is 7.